The maximum absolute atomic E-state index is 12.1. The zero-order valence-electron chi connectivity index (χ0n) is 10.4. The first-order chi connectivity index (χ1) is 8.84. The second-order valence-electron chi connectivity index (χ2n) is 5.03. The van der Waals surface area contributed by atoms with Gasteiger partial charge in [-0.05, 0) is 30.9 Å². The Morgan fingerprint density at radius 2 is 1.83 bits per heavy atom. The minimum atomic E-state index is -0.107. The summed E-state index contributed by atoms with van der Waals surface area (Å²) < 4.78 is 6.79. The molecular weight excluding hydrogens is 264 g/mol. The Kier molecular flexibility index (Phi) is 4.04. The number of hydrogen-bond acceptors (Lipinski definition) is 4. The number of hydrogen-bond donors (Lipinski definition) is 0. The van der Waals surface area contributed by atoms with Crippen molar-refractivity contribution in [2.45, 2.75) is 38.2 Å². The van der Waals surface area contributed by atoms with Crippen LogP contribution in [0.4, 0.5) is 0 Å². The lowest BCUT2D eigenvalue weighted by Gasteiger charge is -2.30. The fourth-order valence-corrected chi connectivity index (χ4v) is 5.30. The fraction of sp³-hybridized carbons (Fsp3) is 0.643. The number of esters is 1. The molecule has 2 aliphatic heterocycles. The van der Waals surface area contributed by atoms with Gasteiger partial charge in [-0.3, -0.25) is 0 Å². The van der Waals surface area contributed by atoms with Gasteiger partial charge in [-0.25, -0.2) is 4.79 Å². The summed E-state index contributed by atoms with van der Waals surface area (Å²) in [5.41, 5.74) is 0.787. The third-order valence-corrected chi connectivity index (χ3v) is 6.55. The molecule has 2 heterocycles. The lowest BCUT2D eigenvalue weighted by Crippen LogP contribution is -2.30. The van der Waals surface area contributed by atoms with Gasteiger partial charge in [0.1, 0.15) is 6.10 Å². The Morgan fingerprint density at radius 1 is 1.11 bits per heavy atom. The van der Waals surface area contributed by atoms with E-state index in [1.165, 1.54) is 32.1 Å². The highest BCUT2D eigenvalue weighted by atomic mass is 32.2. The van der Waals surface area contributed by atoms with Crippen molar-refractivity contribution in [3.63, 3.8) is 0 Å². The van der Waals surface area contributed by atoms with Gasteiger partial charge in [-0.15, -0.1) is 23.5 Å². The highest BCUT2D eigenvalue weighted by molar-refractivity contribution is 8.25. The van der Waals surface area contributed by atoms with E-state index in [-0.39, 0.29) is 12.1 Å². The van der Waals surface area contributed by atoms with E-state index in [4.69, 9.17) is 4.74 Å². The van der Waals surface area contributed by atoms with Gasteiger partial charge in [0, 0.05) is 11.5 Å². The molecule has 0 aromatic rings. The molecule has 2 nitrogen and oxygen atoms in total. The fourth-order valence-electron chi connectivity index (χ4n) is 2.82. The van der Waals surface area contributed by atoms with Crippen LogP contribution in [0.5, 0.6) is 0 Å². The van der Waals surface area contributed by atoms with E-state index in [2.05, 4.69) is 6.08 Å². The summed E-state index contributed by atoms with van der Waals surface area (Å²) in [6, 6.07) is 0. The molecule has 1 unspecified atom stereocenters. The van der Waals surface area contributed by atoms with Crippen LogP contribution in [0.3, 0.4) is 0 Å². The highest BCUT2D eigenvalue weighted by Crippen LogP contribution is 2.41. The van der Waals surface area contributed by atoms with Crippen LogP contribution in [0.25, 0.3) is 0 Å². The number of carbonyl (C=O) groups is 1. The lowest BCUT2D eigenvalue weighted by molar-refractivity contribution is -0.145. The van der Waals surface area contributed by atoms with Gasteiger partial charge in [0.2, 0.25) is 0 Å². The van der Waals surface area contributed by atoms with Crippen molar-refractivity contribution >= 4 is 29.5 Å². The molecule has 0 aromatic heterocycles. The molecule has 0 N–H and O–H groups in total. The molecule has 0 aromatic carbocycles. The molecule has 1 atom stereocenters. The Morgan fingerprint density at radius 3 is 2.50 bits per heavy atom. The molecule has 0 spiro atoms. The van der Waals surface area contributed by atoms with E-state index >= 15 is 0 Å². The van der Waals surface area contributed by atoms with Gasteiger partial charge in [0.25, 0.3) is 0 Å². The number of rotatable bonds is 1. The largest absolute Gasteiger partial charge is 0.454 e. The summed E-state index contributed by atoms with van der Waals surface area (Å²) in [5.74, 6) is 2.66. The van der Waals surface area contributed by atoms with Gasteiger partial charge in [0.05, 0.1) is 9.81 Å². The van der Waals surface area contributed by atoms with Crippen LogP contribution in [0.1, 0.15) is 32.1 Å². The summed E-state index contributed by atoms with van der Waals surface area (Å²) in [4.78, 5) is 12.1. The van der Waals surface area contributed by atoms with Crippen molar-refractivity contribution in [1.29, 1.82) is 0 Å². The zero-order valence-corrected chi connectivity index (χ0v) is 12.0. The first kappa shape index (κ1) is 12.7. The molecule has 3 aliphatic rings. The summed E-state index contributed by atoms with van der Waals surface area (Å²) in [6.45, 7) is 0. The van der Waals surface area contributed by atoms with E-state index in [1.54, 1.807) is 23.5 Å². The van der Waals surface area contributed by atoms with Crippen LogP contribution in [0.2, 0.25) is 0 Å². The van der Waals surface area contributed by atoms with Crippen molar-refractivity contribution in [2.24, 2.45) is 5.92 Å². The normalized spacial score (nSPS) is 29.8. The van der Waals surface area contributed by atoms with Crippen LogP contribution >= 0.6 is 23.5 Å². The summed E-state index contributed by atoms with van der Waals surface area (Å²) in [7, 11) is 0. The smallest absolute Gasteiger partial charge is 0.340 e. The summed E-state index contributed by atoms with van der Waals surface area (Å²) in [6.07, 6.45) is 10.5. The molecule has 3 rings (SSSR count). The SMILES string of the molecule is O=C1OC(C2CCCCC2)C=CC1=C1SCCS1. The van der Waals surface area contributed by atoms with Crippen molar-refractivity contribution in [1.82, 2.24) is 0 Å². The lowest BCUT2D eigenvalue weighted by atomic mass is 9.84. The number of ether oxygens (including phenoxy) is 1. The number of cyclic esters (lactones) is 1. The van der Waals surface area contributed by atoms with Gasteiger partial charge in [-0.2, -0.15) is 0 Å². The maximum Gasteiger partial charge on any atom is 0.340 e. The average Bonchev–Trinajstić information content (AvgIpc) is 2.93. The second-order valence-corrected chi connectivity index (χ2v) is 7.49. The van der Waals surface area contributed by atoms with Crippen LogP contribution < -0.4 is 0 Å². The summed E-state index contributed by atoms with van der Waals surface area (Å²) in [5, 5.41) is 0. The first-order valence-electron chi connectivity index (χ1n) is 6.73. The van der Waals surface area contributed by atoms with Crippen molar-refractivity contribution in [2.75, 3.05) is 11.5 Å². The quantitative estimate of drug-likeness (QED) is 0.540. The third kappa shape index (κ3) is 2.64. The van der Waals surface area contributed by atoms with Crippen LogP contribution in [-0.4, -0.2) is 23.6 Å². The first-order valence-corrected chi connectivity index (χ1v) is 8.71. The Bertz CT molecular complexity index is 387. The van der Waals surface area contributed by atoms with E-state index in [0.29, 0.717) is 5.92 Å². The highest BCUT2D eigenvalue weighted by Gasteiger charge is 2.30. The van der Waals surface area contributed by atoms with Crippen LogP contribution in [-0.2, 0) is 9.53 Å². The molecule has 1 saturated carbocycles. The Hall–Kier alpha value is -0.350. The molecule has 0 radical (unpaired) electrons. The molecule has 98 valence electrons. The van der Waals surface area contributed by atoms with E-state index < -0.39 is 0 Å². The average molecular weight is 282 g/mol. The van der Waals surface area contributed by atoms with Gasteiger partial charge < -0.3 is 4.74 Å². The van der Waals surface area contributed by atoms with E-state index in [9.17, 15) is 4.79 Å². The second kappa shape index (κ2) is 5.74. The van der Waals surface area contributed by atoms with Crippen molar-refractivity contribution < 1.29 is 9.53 Å². The predicted octanol–water partition coefficient (Wildman–Crippen LogP) is 3.74. The van der Waals surface area contributed by atoms with Crippen LogP contribution in [0, 0.1) is 5.92 Å². The number of thioether (sulfide) groups is 2. The van der Waals surface area contributed by atoms with Gasteiger partial charge >= 0.3 is 5.97 Å². The van der Waals surface area contributed by atoms with E-state index in [1.807, 2.05) is 6.08 Å². The Labute approximate surface area is 117 Å². The number of carbonyl (C=O) groups excluding carboxylic acids is 1. The van der Waals surface area contributed by atoms with E-state index in [0.717, 1.165) is 21.3 Å². The third-order valence-electron chi connectivity index (χ3n) is 3.80. The molecule has 1 saturated heterocycles. The van der Waals surface area contributed by atoms with Gasteiger partial charge in [0.15, 0.2) is 0 Å². The molecule has 4 heteroatoms. The standard InChI is InChI=1S/C14H18O2S2/c15-13-11(14-17-8-9-18-14)6-7-12(16-13)10-4-2-1-3-5-10/h6-7,10,12H,1-5,8-9H2. The summed E-state index contributed by atoms with van der Waals surface area (Å²) >= 11 is 3.56. The molecule has 18 heavy (non-hydrogen) atoms. The monoisotopic (exact) mass is 282 g/mol. The zero-order chi connectivity index (χ0) is 12.4. The maximum atomic E-state index is 12.1. The van der Waals surface area contributed by atoms with Gasteiger partial charge in [-0.1, -0.05) is 19.3 Å². The molecule has 0 bridgehead atoms. The molecule has 1 aliphatic carbocycles. The minimum Gasteiger partial charge on any atom is -0.454 e. The van der Waals surface area contributed by atoms with Crippen molar-refractivity contribution in [3.8, 4) is 0 Å². The Balaban J connectivity index is 1.73. The topological polar surface area (TPSA) is 26.3 Å². The molecule has 2 fully saturated rings. The molecule has 0 amide bonds. The van der Waals surface area contributed by atoms with Crippen molar-refractivity contribution in [3.05, 3.63) is 22.0 Å². The molecular formula is C14H18O2S2. The van der Waals surface area contributed by atoms with Crippen LogP contribution in [0.15, 0.2) is 22.0 Å². The minimum absolute atomic E-state index is 0.0264. The predicted molar refractivity (Wildman–Crippen MR) is 77.5 cm³/mol.